The van der Waals surface area contributed by atoms with Crippen LogP contribution < -0.4 is 30.2 Å². The highest BCUT2D eigenvalue weighted by atomic mass is 79.9. The van der Waals surface area contributed by atoms with Crippen LogP contribution in [0.25, 0.3) is 0 Å². The third-order valence-corrected chi connectivity index (χ3v) is 9.14. The molecule has 0 saturated heterocycles. The van der Waals surface area contributed by atoms with Crippen molar-refractivity contribution in [2.45, 2.75) is 19.6 Å². The van der Waals surface area contributed by atoms with E-state index in [0.29, 0.717) is 0 Å². The summed E-state index contributed by atoms with van der Waals surface area (Å²) in [7, 11) is 16.6. The summed E-state index contributed by atoms with van der Waals surface area (Å²) in [5.74, 6) is 0. The van der Waals surface area contributed by atoms with E-state index in [9.17, 15) is 0 Å². The van der Waals surface area contributed by atoms with Crippen LogP contribution in [0.15, 0.2) is 92.4 Å². The molecule has 6 rings (SSSR count). The highest BCUT2D eigenvalue weighted by Crippen LogP contribution is 2.47. The first-order valence-electron chi connectivity index (χ1n) is 13.2. The first-order valence-corrected chi connectivity index (χ1v) is 14.9. The van der Waals surface area contributed by atoms with Gasteiger partial charge in [-0.2, -0.15) is 0 Å². The van der Waals surface area contributed by atoms with Gasteiger partial charge < -0.3 is 30.2 Å². The second-order valence-electron chi connectivity index (χ2n) is 10.8. The molecule has 240 valence electrons. The molecule has 4 aromatic carbocycles. The molecule has 0 unspecified atom stereocenters. The van der Waals surface area contributed by atoms with Crippen molar-refractivity contribution in [3.8, 4) is 0 Å². The minimum Gasteiger partial charge on any atom is -0.378 e. The van der Waals surface area contributed by atoms with Gasteiger partial charge in [0.15, 0.2) is 0 Å². The van der Waals surface area contributed by atoms with Crippen molar-refractivity contribution in [2.24, 2.45) is 0 Å². The van der Waals surface area contributed by atoms with Crippen LogP contribution >= 0.6 is 82.3 Å². The number of halogens is 4. The zero-order valence-electron chi connectivity index (χ0n) is 26.2. The predicted molar refractivity (Wildman–Crippen MR) is 213 cm³/mol. The van der Waals surface area contributed by atoms with Crippen LogP contribution in [0.5, 0.6) is 0 Å². The quantitative estimate of drug-likeness (QED) is 0.183. The zero-order chi connectivity index (χ0) is 28.6. The fourth-order valence-electron chi connectivity index (χ4n) is 4.43. The summed E-state index contributed by atoms with van der Waals surface area (Å²) in [5, 5.41) is 7.03. The van der Waals surface area contributed by atoms with E-state index in [-0.39, 0.29) is 58.8 Å². The maximum Gasteiger partial charge on any atom is 0.0527 e. The van der Waals surface area contributed by atoms with Gasteiger partial charge in [-0.3, -0.25) is 0 Å². The van der Waals surface area contributed by atoms with E-state index in [1.807, 2.05) is 23.5 Å². The average molecular weight is 806 g/mol. The van der Waals surface area contributed by atoms with Gasteiger partial charge in [0, 0.05) is 98.7 Å². The Hall–Kier alpha value is -2.08. The van der Waals surface area contributed by atoms with Gasteiger partial charge in [-0.25, -0.2) is 0 Å². The van der Waals surface area contributed by atoms with Crippen LogP contribution in [0.3, 0.4) is 0 Å². The Kier molecular flexibility index (Phi) is 15.4. The number of nitrogens with one attached hydrogen (secondary N) is 2. The summed E-state index contributed by atoms with van der Waals surface area (Å²) < 4.78 is 0. The average Bonchev–Trinajstić information content (AvgIpc) is 2.93. The normalized spacial score (nSPS) is 11.1. The van der Waals surface area contributed by atoms with Crippen LogP contribution in [0, 0.1) is 0 Å². The van der Waals surface area contributed by atoms with E-state index in [0.717, 1.165) is 0 Å². The maximum atomic E-state index is 3.51. The van der Waals surface area contributed by atoms with E-state index in [4.69, 9.17) is 0 Å². The third kappa shape index (κ3) is 9.01. The van der Waals surface area contributed by atoms with Crippen molar-refractivity contribution in [2.75, 3.05) is 86.6 Å². The summed E-state index contributed by atoms with van der Waals surface area (Å²) >= 11 is 3.66. The first kappa shape index (κ1) is 39.9. The molecule has 0 atom stereocenters. The lowest BCUT2D eigenvalue weighted by Crippen LogP contribution is -2.10. The molecule has 0 aromatic heterocycles. The van der Waals surface area contributed by atoms with Crippen molar-refractivity contribution in [1.82, 2.24) is 0 Å². The van der Waals surface area contributed by atoms with E-state index in [2.05, 4.69) is 159 Å². The fraction of sp³-hybridized carbons (Fsp3) is 0.250. The summed E-state index contributed by atoms with van der Waals surface area (Å²) in [6.45, 7) is 0. The smallest absolute Gasteiger partial charge is 0.0527 e. The summed E-state index contributed by atoms with van der Waals surface area (Å²) in [6.07, 6.45) is 0. The van der Waals surface area contributed by atoms with Crippen molar-refractivity contribution >= 4 is 128 Å². The molecule has 2 N–H and O–H groups in total. The minimum atomic E-state index is 0. The number of anilines is 8. The largest absolute Gasteiger partial charge is 0.378 e. The van der Waals surface area contributed by atoms with Gasteiger partial charge in [0.1, 0.15) is 0 Å². The molecule has 0 radical (unpaired) electrons. The van der Waals surface area contributed by atoms with Crippen LogP contribution in [0.4, 0.5) is 45.5 Å². The highest BCUT2D eigenvalue weighted by Gasteiger charge is 2.18. The number of benzene rings is 4. The number of nitrogens with zero attached hydrogens (tertiary/aromatic N) is 4. The van der Waals surface area contributed by atoms with Gasteiger partial charge >= 0.3 is 0 Å². The van der Waals surface area contributed by atoms with Crippen molar-refractivity contribution in [1.29, 1.82) is 0 Å². The number of hydrogen-bond donors (Lipinski definition) is 2. The lowest BCUT2D eigenvalue weighted by atomic mass is 10.2. The van der Waals surface area contributed by atoms with Gasteiger partial charge in [-0.15, -0.1) is 58.8 Å². The molecule has 0 saturated carbocycles. The molecule has 0 spiro atoms. The standard InChI is InChI=1S/2C16H19N3S.2BrH.2ClH/c2*1-18(2)11-5-7-13-15(9-11)20-16-10-12(19(3)4)6-8-14(16)17-13;;;;/h2*5-10,17H,1-4H3;4*1H. The molecule has 2 aliphatic rings. The van der Waals surface area contributed by atoms with Crippen LogP contribution in [0.1, 0.15) is 0 Å². The van der Waals surface area contributed by atoms with Gasteiger partial charge in [0.25, 0.3) is 0 Å². The van der Waals surface area contributed by atoms with E-state index in [1.54, 1.807) is 0 Å². The van der Waals surface area contributed by atoms with Crippen LogP contribution in [0.2, 0.25) is 0 Å². The Morgan fingerprint density at radius 2 is 0.591 bits per heavy atom. The Balaban J connectivity index is 0.000000403. The maximum absolute atomic E-state index is 3.51. The molecule has 0 amide bonds. The second-order valence-corrected chi connectivity index (χ2v) is 12.9. The van der Waals surface area contributed by atoms with Gasteiger partial charge in [0.2, 0.25) is 0 Å². The molecular formula is C32H42Br2Cl2N6S2. The summed E-state index contributed by atoms with van der Waals surface area (Å²) in [5.41, 5.74) is 9.65. The topological polar surface area (TPSA) is 37.0 Å². The molecule has 6 nitrogen and oxygen atoms in total. The predicted octanol–water partition coefficient (Wildman–Crippen LogP) is 10.1. The first-order chi connectivity index (χ1) is 19.1. The molecule has 2 heterocycles. The fourth-order valence-corrected chi connectivity index (χ4v) is 6.54. The number of rotatable bonds is 4. The van der Waals surface area contributed by atoms with Crippen LogP contribution in [-0.2, 0) is 0 Å². The Morgan fingerprint density at radius 3 is 0.773 bits per heavy atom. The SMILES string of the molecule is Br.Br.CN(C)c1ccc2c(c1)Sc1cc(N(C)C)ccc1N2.CN(C)c1ccc2c(c1)Sc1cc(N(C)C)ccc1N2.Cl.Cl. The monoisotopic (exact) mass is 802 g/mol. The molecule has 0 fully saturated rings. The molecule has 0 bridgehead atoms. The number of hydrogen-bond acceptors (Lipinski definition) is 8. The molecule has 2 aliphatic heterocycles. The van der Waals surface area contributed by atoms with Crippen LogP contribution in [-0.4, -0.2) is 56.4 Å². The number of fused-ring (bicyclic) bond motifs is 4. The van der Waals surface area contributed by atoms with E-state index in [1.165, 1.54) is 65.1 Å². The Morgan fingerprint density at radius 1 is 0.386 bits per heavy atom. The van der Waals surface area contributed by atoms with Crippen molar-refractivity contribution in [3.63, 3.8) is 0 Å². The minimum absolute atomic E-state index is 0. The second kappa shape index (κ2) is 17.0. The highest BCUT2D eigenvalue weighted by molar-refractivity contribution is 8.93. The molecular weight excluding hydrogens is 763 g/mol. The molecule has 44 heavy (non-hydrogen) atoms. The van der Waals surface area contributed by atoms with E-state index < -0.39 is 0 Å². The summed E-state index contributed by atoms with van der Waals surface area (Å²) in [6, 6.07) is 26.1. The Labute approximate surface area is 304 Å². The van der Waals surface area contributed by atoms with E-state index >= 15 is 0 Å². The third-order valence-electron chi connectivity index (χ3n) is 6.90. The van der Waals surface area contributed by atoms with Crippen molar-refractivity contribution < 1.29 is 0 Å². The lowest BCUT2D eigenvalue weighted by Gasteiger charge is -2.24. The lowest BCUT2D eigenvalue weighted by molar-refractivity contribution is 1.11. The molecule has 12 heteroatoms. The zero-order valence-corrected chi connectivity index (χ0v) is 32.9. The molecule has 0 aliphatic carbocycles. The van der Waals surface area contributed by atoms with Gasteiger partial charge in [-0.05, 0) is 72.8 Å². The van der Waals surface area contributed by atoms with Gasteiger partial charge in [-0.1, -0.05) is 23.5 Å². The summed E-state index contributed by atoms with van der Waals surface area (Å²) in [4.78, 5) is 13.6. The molecule has 4 aromatic rings. The Bertz CT molecular complexity index is 1330. The van der Waals surface area contributed by atoms with Gasteiger partial charge in [0.05, 0.1) is 22.7 Å². The van der Waals surface area contributed by atoms with Crippen molar-refractivity contribution in [3.05, 3.63) is 72.8 Å².